The standard InChI is InChI=1S/C11H21N3/c1-4-7-14-9-11(2,3)13-8-10(14)5-6-12/h10,13H,4-5,7-9H2,1-3H3. The molecule has 3 heteroatoms. The molecule has 1 unspecified atom stereocenters. The van der Waals surface area contributed by atoms with E-state index in [1.165, 1.54) is 0 Å². The quantitative estimate of drug-likeness (QED) is 0.739. The molecule has 0 aromatic rings. The van der Waals surface area contributed by atoms with E-state index in [2.05, 4.69) is 37.1 Å². The van der Waals surface area contributed by atoms with Crippen molar-refractivity contribution in [3.05, 3.63) is 0 Å². The number of piperazine rings is 1. The molecule has 1 fully saturated rings. The largest absolute Gasteiger partial charge is 0.309 e. The van der Waals surface area contributed by atoms with Crippen LogP contribution in [0, 0.1) is 11.3 Å². The van der Waals surface area contributed by atoms with Gasteiger partial charge in [-0.15, -0.1) is 0 Å². The van der Waals surface area contributed by atoms with Crippen LogP contribution in [-0.2, 0) is 0 Å². The molecule has 1 aliphatic heterocycles. The molecule has 3 nitrogen and oxygen atoms in total. The van der Waals surface area contributed by atoms with Gasteiger partial charge in [-0.1, -0.05) is 6.92 Å². The average Bonchev–Trinajstić information content (AvgIpc) is 2.10. The molecule has 0 saturated carbocycles. The van der Waals surface area contributed by atoms with Gasteiger partial charge in [0.25, 0.3) is 0 Å². The van der Waals surface area contributed by atoms with Crippen molar-refractivity contribution in [1.29, 1.82) is 5.26 Å². The van der Waals surface area contributed by atoms with Crippen LogP contribution in [0.4, 0.5) is 0 Å². The molecule has 0 spiro atoms. The lowest BCUT2D eigenvalue weighted by Crippen LogP contribution is -2.61. The van der Waals surface area contributed by atoms with Crippen molar-refractivity contribution >= 4 is 0 Å². The third-order valence-corrected chi connectivity index (χ3v) is 2.77. The molecule has 1 atom stereocenters. The minimum atomic E-state index is 0.196. The Kier molecular flexibility index (Phi) is 3.91. The zero-order chi connectivity index (χ0) is 10.6. The van der Waals surface area contributed by atoms with Gasteiger partial charge in [0.15, 0.2) is 0 Å². The summed E-state index contributed by atoms with van der Waals surface area (Å²) in [6, 6.07) is 2.68. The van der Waals surface area contributed by atoms with Crippen LogP contribution < -0.4 is 5.32 Å². The second-order valence-corrected chi connectivity index (χ2v) is 4.75. The predicted molar refractivity (Wildman–Crippen MR) is 58.0 cm³/mol. The Morgan fingerprint density at radius 2 is 2.29 bits per heavy atom. The lowest BCUT2D eigenvalue weighted by atomic mass is 9.97. The van der Waals surface area contributed by atoms with Gasteiger partial charge < -0.3 is 5.32 Å². The van der Waals surface area contributed by atoms with Gasteiger partial charge in [0.05, 0.1) is 12.5 Å². The van der Waals surface area contributed by atoms with Crippen molar-refractivity contribution in [1.82, 2.24) is 10.2 Å². The first-order valence-corrected chi connectivity index (χ1v) is 5.45. The summed E-state index contributed by atoms with van der Waals surface area (Å²) in [5, 5.41) is 12.2. The average molecular weight is 195 g/mol. The molecular weight excluding hydrogens is 174 g/mol. The Hall–Kier alpha value is -0.590. The SMILES string of the molecule is CCCN1CC(C)(C)NCC1CC#N. The topological polar surface area (TPSA) is 39.1 Å². The summed E-state index contributed by atoms with van der Waals surface area (Å²) in [7, 11) is 0. The Morgan fingerprint density at radius 1 is 1.57 bits per heavy atom. The Morgan fingerprint density at radius 3 is 2.86 bits per heavy atom. The lowest BCUT2D eigenvalue weighted by Gasteiger charge is -2.44. The molecule has 1 heterocycles. The fourth-order valence-electron chi connectivity index (χ4n) is 2.07. The van der Waals surface area contributed by atoms with E-state index < -0.39 is 0 Å². The van der Waals surface area contributed by atoms with Crippen LogP contribution in [0.15, 0.2) is 0 Å². The number of nitrogens with one attached hydrogen (secondary N) is 1. The van der Waals surface area contributed by atoms with Crippen LogP contribution in [0.2, 0.25) is 0 Å². The second-order valence-electron chi connectivity index (χ2n) is 4.75. The highest BCUT2D eigenvalue weighted by Crippen LogP contribution is 2.16. The maximum atomic E-state index is 8.73. The van der Waals surface area contributed by atoms with E-state index in [0.717, 1.165) is 26.1 Å². The van der Waals surface area contributed by atoms with Crippen LogP contribution in [-0.4, -0.2) is 36.1 Å². The monoisotopic (exact) mass is 195 g/mol. The molecule has 1 aliphatic rings. The van der Waals surface area contributed by atoms with Gasteiger partial charge in [-0.2, -0.15) is 5.26 Å². The molecule has 0 aliphatic carbocycles. The van der Waals surface area contributed by atoms with E-state index in [1.807, 2.05) is 0 Å². The first kappa shape index (κ1) is 11.5. The van der Waals surface area contributed by atoms with E-state index in [0.29, 0.717) is 12.5 Å². The fraction of sp³-hybridized carbons (Fsp3) is 0.909. The Labute approximate surface area is 87.1 Å². The smallest absolute Gasteiger partial charge is 0.0638 e. The number of nitriles is 1. The van der Waals surface area contributed by atoms with Crippen LogP contribution in [0.1, 0.15) is 33.6 Å². The Bertz CT molecular complexity index is 217. The van der Waals surface area contributed by atoms with E-state index in [-0.39, 0.29) is 5.54 Å². The third kappa shape index (κ3) is 2.97. The molecule has 0 aromatic heterocycles. The van der Waals surface area contributed by atoms with Crippen molar-refractivity contribution < 1.29 is 0 Å². The van der Waals surface area contributed by atoms with Crippen molar-refractivity contribution in [2.24, 2.45) is 0 Å². The number of rotatable bonds is 3. The summed E-state index contributed by atoms with van der Waals surface area (Å²) in [6.07, 6.45) is 1.81. The summed E-state index contributed by atoms with van der Waals surface area (Å²) in [6.45, 7) is 9.74. The van der Waals surface area contributed by atoms with Crippen molar-refractivity contribution in [3.63, 3.8) is 0 Å². The van der Waals surface area contributed by atoms with Gasteiger partial charge >= 0.3 is 0 Å². The van der Waals surface area contributed by atoms with Gasteiger partial charge in [0, 0.05) is 24.7 Å². The van der Waals surface area contributed by atoms with Gasteiger partial charge in [0.2, 0.25) is 0 Å². The molecular formula is C11H21N3. The zero-order valence-electron chi connectivity index (χ0n) is 9.51. The van der Waals surface area contributed by atoms with E-state index >= 15 is 0 Å². The van der Waals surface area contributed by atoms with Gasteiger partial charge in [-0.25, -0.2) is 0 Å². The molecule has 0 radical (unpaired) electrons. The van der Waals surface area contributed by atoms with E-state index in [4.69, 9.17) is 5.26 Å². The maximum Gasteiger partial charge on any atom is 0.0638 e. The summed E-state index contributed by atoms with van der Waals surface area (Å²) in [5.41, 5.74) is 0.196. The van der Waals surface area contributed by atoms with E-state index in [9.17, 15) is 0 Å². The lowest BCUT2D eigenvalue weighted by molar-refractivity contribution is 0.0974. The molecule has 0 aromatic carbocycles. The third-order valence-electron chi connectivity index (χ3n) is 2.77. The first-order chi connectivity index (χ1) is 6.59. The highest BCUT2D eigenvalue weighted by molar-refractivity contribution is 4.95. The summed E-state index contributed by atoms with van der Waals surface area (Å²) >= 11 is 0. The van der Waals surface area contributed by atoms with Crippen molar-refractivity contribution in [3.8, 4) is 6.07 Å². The van der Waals surface area contributed by atoms with E-state index in [1.54, 1.807) is 0 Å². The van der Waals surface area contributed by atoms with Crippen LogP contribution in [0.3, 0.4) is 0 Å². The molecule has 0 bridgehead atoms. The molecule has 1 N–H and O–H groups in total. The van der Waals surface area contributed by atoms with Crippen LogP contribution in [0.25, 0.3) is 0 Å². The summed E-state index contributed by atoms with van der Waals surface area (Å²) in [4.78, 5) is 2.44. The Balaban J connectivity index is 2.57. The first-order valence-electron chi connectivity index (χ1n) is 5.45. The number of hydrogen-bond donors (Lipinski definition) is 1. The van der Waals surface area contributed by atoms with Crippen LogP contribution in [0.5, 0.6) is 0 Å². The molecule has 1 saturated heterocycles. The number of hydrogen-bond acceptors (Lipinski definition) is 3. The normalized spacial score (nSPS) is 27.1. The maximum absolute atomic E-state index is 8.73. The highest BCUT2D eigenvalue weighted by Gasteiger charge is 2.31. The highest BCUT2D eigenvalue weighted by atomic mass is 15.2. The van der Waals surface area contributed by atoms with Gasteiger partial charge in [0.1, 0.15) is 0 Å². The minimum Gasteiger partial charge on any atom is -0.309 e. The second kappa shape index (κ2) is 4.77. The fourth-order valence-corrected chi connectivity index (χ4v) is 2.07. The zero-order valence-corrected chi connectivity index (χ0v) is 9.51. The van der Waals surface area contributed by atoms with Crippen LogP contribution >= 0.6 is 0 Å². The molecule has 80 valence electrons. The minimum absolute atomic E-state index is 0.196. The van der Waals surface area contributed by atoms with Crippen molar-refractivity contribution in [2.45, 2.75) is 45.2 Å². The summed E-state index contributed by atoms with van der Waals surface area (Å²) < 4.78 is 0. The predicted octanol–water partition coefficient (Wildman–Crippen LogP) is 1.36. The van der Waals surface area contributed by atoms with Gasteiger partial charge in [-0.05, 0) is 26.8 Å². The molecule has 14 heavy (non-hydrogen) atoms. The summed E-state index contributed by atoms with van der Waals surface area (Å²) in [5.74, 6) is 0. The molecule has 1 rings (SSSR count). The van der Waals surface area contributed by atoms with Gasteiger partial charge in [-0.3, -0.25) is 4.90 Å². The molecule has 0 amide bonds. The van der Waals surface area contributed by atoms with Crippen molar-refractivity contribution in [2.75, 3.05) is 19.6 Å². The number of nitrogens with zero attached hydrogens (tertiary/aromatic N) is 2.